The first kappa shape index (κ1) is 15.8. The molecule has 4 nitrogen and oxygen atoms in total. The van der Waals surface area contributed by atoms with Gasteiger partial charge in [-0.25, -0.2) is 9.18 Å². The van der Waals surface area contributed by atoms with Gasteiger partial charge in [-0.05, 0) is 31.9 Å². The van der Waals surface area contributed by atoms with Crippen molar-refractivity contribution in [2.45, 2.75) is 44.9 Å². The van der Waals surface area contributed by atoms with Crippen LogP contribution < -0.4 is 5.32 Å². The fraction of sp³-hybridized carbons (Fsp3) is 0.562. The van der Waals surface area contributed by atoms with Gasteiger partial charge in [0.1, 0.15) is 12.3 Å². The molecule has 0 bridgehead atoms. The minimum atomic E-state index is -0.558. The van der Waals surface area contributed by atoms with E-state index in [1.807, 2.05) is 45.0 Å². The van der Waals surface area contributed by atoms with Gasteiger partial charge in [0.2, 0.25) is 0 Å². The van der Waals surface area contributed by atoms with Crippen molar-refractivity contribution in [2.24, 2.45) is 0 Å². The van der Waals surface area contributed by atoms with Crippen LogP contribution in [0, 0.1) is 0 Å². The van der Waals surface area contributed by atoms with Crippen molar-refractivity contribution in [3.05, 3.63) is 35.4 Å². The van der Waals surface area contributed by atoms with E-state index in [2.05, 4.69) is 5.32 Å². The molecule has 2 atom stereocenters. The molecule has 1 N–H and O–H groups in total. The van der Waals surface area contributed by atoms with Gasteiger partial charge >= 0.3 is 6.09 Å². The van der Waals surface area contributed by atoms with Gasteiger partial charge in [0.05, 0.1) is 18.8 Å². The van der Waals surface area contributed by atoms with Crippen molar-refractivity contribution in [3.63, 3.8) is 0 Å². The number of alkyl halides is 1. The molecule has 1 amide bonds. The predicted octanol–water partition coefficient (Wildman–Crippen LogP) is 3.16. The Labute approximate surface area is 124 Å². The molecule has 0 spiro atoms. The van der Waals surface area contributed by atoms with Gasteiger partial charge in [-0.1, -0.05) is 24.3 Å². The summed E-state index contributed by atoms with van der Waals surface area (Å²) in [5, 5.41) is 2.84. The van der Waals surface area contributed by atoms with Crippen molar-refractivity contribution in [3.8, 4) is 0 Å². The maximum Gasteiger partial charge on any atom is 0.408 e. The minimum absolute atomic E-state index is 0.0329. The Kier molecular flexibility index (Phi) is 4.83. The van der Waals surface area contributed by atoms with Crippen LogP contribution in [0.2, 0.25) is 0 Å². The van der Waals surface area contributed by atoms with Crippen LogP contribution in [0.3, 0.4) is 0 Å². The third-order valence-electron chi connectivity index (χ3n) is 3.26. The normalized spacial score (nSPS) is 21.0. The molecule has 0 aromatic heterocycles. The highest BCUT2D eigenvalue weighted by atomic mass is 19.1. The fourth-order valence-electron chi connectivity index (χ4n) is 2.51. The Bertz CT molecular complexity index is 499. The first-order valence-corrected chi connectivity index (χ1v) is 7.15. The molecule has 0 aliphatic heterocycles. The minimum Gasteiger partial charge on any atom is -0.444 e. The van der Waals surface area contributed by atoms with E-state index in [1.165, 1.54) is 0 Å². The molecule has 0 fully saturated rings. The Balaban J connectivity index is 2.10. The molecule has 1 aromatic rings. The summed E-state index contributed by atoms with van der Waals surface area (Å²) in [4.78, 5) is 12.0. The second kappa shape index (κ2) is 6.43. The number of nitrogens with one attached hydrogen (secondary N) is 1. The number of carbonyl (C=O) groups is 1. The molecule has 1 aliphatic rings. The molecule has 21 heavy (non-hydrogen) atoms. The highest BCUT2D eigenvalue weighted by molar-refractivity contribution is 5.69. The highest BCUT2D eigenvalue weighted by Crippen LogP contribution is 2.33. The smallest absolute Gasteiger partial charge is 0.408 e. The molecule has 116 valence electrons. The second-order valence-electron chi connectivity index (χ2n) is 6.13. The summed E-state index contributed by atoms with van der Waals surface area (Å²) in [6, 6.07) is 7.51. The van der Waals surface area contributed by atoms with Gasteiger partial charge in [-0.3, -0.25) is 0 Å². The first-order valence-electron chi connectivity index (χ1n) is 7.15. The Morgan fingerprint density at radius 2 is 2.10 bits per heavy atom. The molecule has 0 radical (unpaired) electrons. The molecule has 1 aromatic carbocycles. The monoisotopic (exact) mass is 295 g/mol. The lowest BCUT2D eigenvalue weighted by atomic mass is 10.1. The van der Waals surface area contributed by atoms with E-state index < -0.39 is 18.4 Å². The number of carbonyl (C=O) groups excluding carboxylic acids is 1. The van der Waals surface area contributed by atoms with Crippen LogP contribution in [0.5, 0.6) is 0 Å². The van der Waals surface area contributed by atoms with Crippen LogP contribution in [0.15, 0.2) is 24.3 Å². The van der Waals surface area contributed by atoms with Crippen molar-refractivity contribution >= 4 is 6.09 Å². The highest BCUT2D eigenvalue weighted by Gasteiger charge is 2.35. The lowest BCUT2D eigenvalue weighted by Crippen LogP contribution is -2.39. The van der Waals surface area contributed by atoms with Crippen LogP contribution in [-0.4, -0.2) is 31.1 Å². The van der Waals surface area contributed by atoms with Crippen molar-refractivity contribution < 1.29 is 18.7 Å². The summed E-state index contributed by atoms with van der Waals surface area (Å²) in [7, 11) is 0. The molecular formula is C16H22FNO3. The third kappa shape index (κ3) is 4.17. The SMILES string of the molecule is CC(C)(C)OC(=O)N[C@H]1c2ccccc2C[C@H]1OCCF. The number of ether oxygens (including phenoxy) is 2. The standard InChI is InChI=1S/C16H22FNO3/c1-16(2,3)21-15(19)18-14-12-7-5-4-6-11(12)10-13(14)20-9-8-17/h4-7,13-14H,8-10H2,1-3H3,(H,18,19)/t13-,14+/m1/s1. The van der Waals surface area contributed by atoms with Crippen molar-refractivity contribution in [1.29, 1.82) is 0 Å². The number of amides is 1. The van der Waals surface area contributed by atoms with Gasteiger partial charge in [0, 0.05) is 6.42 Å². The van der Waals surface area contributed by atoms with E-state index in [4.69, 9.17) is 9.47 Å². The predicted molar refractivity (Wildman–Crippen MR) is 78.0 cm³/mol. The average Bonchev–Trinajstić information content (AvgIpc) is 2.72. The molecule has 1 aliphatic carbocycles. The van der Waals surface area contributed by atoms with Crippen LogP contribution in [0.4, 0.5) is 9.18 Å². The van der Waals surface area contributed by atoms with E-state index in [0.717, 1.165) is 11.1 Å². The Hall–Kier alpha value is -1.62. The molecule has 0 heterocycles. The summed E-state index contributed by atoms with van der Waals surface area (Å²) in [5.41, 5.74) is 1.56. The van der Waals surface area contributed by atoms with Crippen molar-refractivity contribution in [1.82, 2.24) is 5.32 Å². The lowest BCUT2D eigenvalue weighted by molar-refractivity contribution is 0.0155. The zero-order valence-electron chi connectivity index (χ0n) is 12.7. The first-order chi connectivity index (χ1) is 9.90. The second-order valence-corrected chi connectivity index (χ2v) is 6.13. The van der Waals surface area contributed by atoms with E-state index in [9.17, 15) is 9.18 Å². The fourth-order valence-corrected chi connectivity index (χ4v) is 2.51. The number of rotatable bonds is 4. The largest absolute Gasteiger partial charge is 0.444 e. The van der Waals surface area contributed by atoms with Gasteiger partial charge in [0.15, 0.2) is 0 Å². The maximum atomic E-state index is 12.4. The maximum absolute atomic E-state index is 12.4. The number of fused-ring (bicyclic) bond motifs is 1. The number of alkyl carbamates (subject to hydrolysis) is 1. The lowest BCUT2D eigenvalue weighted by Gasteiger charge is -2.25. The molecule has 5 heteroatoms. The number of hydrogen-bond acceptors (Lipinski definition) is 3. The van der Waals surface area contributed by atoms with Crippen LogP contribution in [0.25, 0.3) is 0 Å². The van der Waals surface area contributed by atoms with Gasteiger partial charge in [-0.2, -0.15) is 0 Å². The summed E-state index contributed by atoms with van der Waals surface area (Å²) in [6.07, 6.45) is -0.0832. The summed E-state index contributed by atoms with van der Waals surface area (Å²) >= 11 is 0. The number of halogens is 1. The Morgan fingerprint density at radius 3 is 2.76 bits per heavy atom. The quantitative estimate of drug-likeness (QED) is 0.928. The Morgan fingerprint density at radius 1 is 1.38 bits per heavy atom. The molecule has 0 saturated carbocycles. The topological polar surface area (TPSA) is 47.6 Å². The number of hydrogen-bond donors (Lipinski definition) is 1. The van der Waals surface area contributed by atoms with Gasteiger partial charge in [0.25, 0.3) is 0 Å². The van der Waals surface area contributed by atoms with E-state index in [0.29, 0.717) is 6.42 Å². The van der Waals surface area contributed by atoms with E-state index in [1.54, 1.807) is 0 Å². The molecule has 0 unspecified atom stereocenters. The van der Waals surface area contributed by atoms with Crippen molar-refractivity contribution in [2.75, 3.05) is 13.3 Å². The average molecular weight is 295 g/mol. The summed E-state index contributed by atoms with van der Waals surface area (Å²) in [6.45, 7) is 4.93. The molecule has 0 saturated heterocycles. The van der Waals surface area contributed by atoms with Crippen LogP contribution >= 0.6 is 0 Å². The van der Waals surface area contributed by atoms with Crippen LogP contribution in [-0.2, 0) is 15.9 Å². The zero-order valence-corrected chi connectivity index (χ0v) is 12.7. The van der Waals surface area contributed by atoms with Gasteiger partial charge in [-0.15, -0.1) is 0 Å². The molecule has 2 rings (SSSR count). The van der Waals surface area contributed by atoms with E-state index in [-0.39, 0.29) is 18.8 Å². The van der Waals surface area contributed by atoms with Crippen LogP contribution in [0.1, 0.15) is 37.9 Å². The number of benzene rings is 1. The van der Waals surface area contributed by atoms with Gasteiger partial charge < -0.3 is 14.8 Å². The molecular weight excluding hydrogens is 273 g/mol. The third-order valence-corrected chi connectivity index (χ3v) is 3.26. The van der Waals surface area contributed by atoms with E-state index >= 15 is 0 Å². The summed E-state index contributed by atoms with van der Waals surface area (Å²) < 4.78 is 23.2. The summed E-state index contributed by atoms with van der Waals surface area (Å²) in [5.74, 6) is 0. The zero-order chi connectivity index (χ0) is 15.5.